The van der Waals surface area contributed by atoms with Gasteiger partial charge in [0.1, 0.15) is 0 Å². The molecule has 1 aliphatic rings. The van der Waals surface area contributed by atoms with Gasteiger partial charge >= 0.3 is 11.8 Å². The molecule has 0 saturated heterocycles. The number of amides is 2. The number of hydrogen-bond acceptors (Lipinski definition) is 2. The quantitative estimate of drug-likeness (QED) is 0.648. The predicted octanol–water partition coefficient (Wildman–Crippen LogP) is 2.72. The number of carbonyl (C=O) groups excluding carboxylic acids is 2. The van der Waals surface area contributed by atoms with Gasteiger partial charge in [0.2, 0.25) is 0 Å². The average molecular weight is 348 g/mol. The molecule has 2 aromatic carbocycles. The van der Waals surface area contributed by atoms with Gasteiger partial charge < -0.3 is 10.6 Å². The lowest BCUT2D eigenvalue weighted by atomic mass is 9.88. The van der Waals surface area contributed by atoms with E-state index in [-0.39, 0.29) is 11.7 Å². The summed E-state index contributed by atoms with van der Waals surface area (Å²) in [5.74, 6) is -6.50. The molecule has 25 heavy (non-hydrogen) atoms. The Hall–Kier alpha value is -2.83. The van der Waals surface area contributed by atoms with Crippen molar-refractivity contribution in [2.45, 2.75) is 25.3 Å². The summed E-state index contributed by atoms with van der Waals surface area (Å²) in [6.07, 6.45) is 2.09. The number of hydrogen-bond donors (Lipinski definition) is 2. The van der Waals surface area contributed by atoms with Crippen molar-refractivity contribution in [1.82, 2.24) is 5.32 Å². The number of anilines is 1. The van der Waals surface area contributed by atoms with Crippen molar-refractivity contribution in [3.63, 3.8) is 0 Å². The van der Waals surface area contributed by atoms with E-state index in [0.29, 0.717) is 25.0 Å². The zero-order valence-electron chi connectivity index (χ0n) is 13.1. The number of rotatable bonds is 2. The van der Waals surface area contributed by atoms with Crippen LogP contribution >= 0.6 is 0 Å². The Labute approximate surface area is 142 Å². The Kier molecular flexibility index (Phi) is 4.74. The minimum Gasteiger partial charge on any atom is -0.345 e. The molecule has 0 aliphatic heterocycles. The minimum absolute atomic E-state index is 0.199. The number of aryl methyl sites for hydroxylation is 1. The average Bonchev–Trinajstić information content (AvgIpc) is 2.59. The molecule has 3 rings (SSSR count). The molecule has 2 amide bonds. The monoisotopic (exact) mass is 348 g/mol. The first-order chi connectivity index (χ1) is 11.9. The van der Waals surface area contributed by atoms with Crippen LogP contribution in [0.4, 0.5) is 18.9 Å². The molecule has 1 atom stereocenters. The van der Waals surface area contributed by atoms with E-state index in [9.17, 15) is 22.8 Å². The van der Waals surface area contributed by atoms with Crippen molar-refractivity contribution in [1.29, 1.82) is 0 Å². The first-order valence-corrected chi connectivity index (χ1v) is 7.77. The molecule has 0 bridgehead atoms. The second-order valence-electron chi connectivity index (χ2n) is 5.89. The van der Waals surface area contributed by atoms with Crippen molar-refractivity contribution in [3.8, 4) is 0 Å². The number of nitrogens with one attached hydrogen (secondary N) is 2. The molecule has 0 aromatic heterocycles. The summed E-state index contributed by atoms with van der Waals surface area (Å²) >= 11 is 0. The van der Waals surface area contributed by atoms with E-state index in [1.54, 1.807) is 0 Å². The summed E-state index contributed by atoms with van der Waals surface area (Å²) in [5, 5.41) is 4.67. The van der Waals surface area contributed by atoms with E-state index in [2.05, 4.69) is 10.6 Å². The van der Waals surface area contributed by atoms with E-state index in [1.165, 1.54) is 5.56 Å². The van der Waals surface area contributed by atoms with Gasteiger partial charge in [0.25, 0.3) is 0 Å². The topological polar surface area (TPSA) is 58.2 Å². The molecule has 1 unspecified atom stereocenters. The maximum Gasteiger partial charge on any atom is 0.313 e. The molecule has 0 spiro atoms. The normalized spacial score (nSPS) is 16.0. The van der Waals surface area contributed by atoms with Crippen LogP contribution in [0.3, 0.4) is 0 Å². The summed E-state index contributed by atoms with van der Waals surface area (Å²) in [6, 6.07) is 8.88. The number of benzene rings is 2. The van der Waals surface area contributed by atoms with Crippen molar-refractivity contribution in [2.75, 3.05) is 5.32 Å². The summed E-state index contributed by atoms with van der Waals surface area (Å²) < 4.78 is 39.2. The second-order valence-corrected chi connectivity index (χ2v) is 5.89. The lowest BCUT2D eigenvalue weighted by Gasteiger charge is -2.25. The van der Waals surface area contributed by atoms with Gasteiger partial charge in [-0.15, -0.1) is 0 Å². The van der Waals surface area contributed by atoms with Crippen LogP contribution in [-0.2, 0) is 22.4 Å². The predicted molar refractivity (Wildman–Crippen MR) is 85.3 cm³/mol. The van der Waals surface area contributed by atoms with Crippen molar-refractivity contribution < 1.29 is 22.8 Å². The van der Waals surface area contributed by atoms with Gasteiger partial charge in [0.05, 0.1) is 0 Å². The Bertz CT molecular complexity index is 816. The summed E-state index contributed by atoms with van der Waals surface area (Å²) in [4.78, 5) is 23.9. The van der Waals surface area contributed by atoms with Gasteiger partial charge in [0, 0.05) is 23.9 Å². The van der Waals surface area contributed by atoms with E-state index in [0.717, 1.165) is 12.0 Å². The van der Waals surface area contributed by atoms with E-state index in [1.807, 2.05) is 24.3 Å². The van der Waals surface area contributed by atoms with Crippen molar-refractivity contribution in [2.24, 2.45) is 0 Å². The molecule has 0 heterocycles. The molecular weight excluding hydrogens is 333 g/mol. The molecule has 1 aliphatic carbocycles. The van der Waals surface area contributed by atoms with Crippen LogP contribution in [-0.4, -0.2) is 17.9 Å². The Morgan fingerprint density at radius 3 is 2.28 bits per heavy atom. The van der Waals surface area contributed by atoms with Crippen molar-refractivity contribution >= 4 is 17.5 Å². The summed E-state index contributed by atoms with van der Waals surface area (Å²) in [6.45, 7) is 0. The molecule has 0 saturated carbocycles. The zero-order valence-corrected chi connectivity index (χ0v) is 13.1. The standard InChI is InChI=1S/C18H15F3N2O2/c19-14-8-13(9-15(20)16(14)21)23-18(25)17(24)22-12-6-5-10-3-1-2-4-11(10)7-12/h1-4,8-9,12H,5-7H2,(H,22,24)(H,23,25). The van der Waals surface area contributed by atoms with Gasteiger partial charge in [-0.25, -0.2) is 13.2 Å². The highest BCUT2D eigenvalue weighted by molar-refractivity contribution is 6.39. The van der Waals surface area contributed by atoms with E-state index in [4.69, 9.17) is 0 Å². The fraction of sp³-hybridized carbons (Fsp3) is 0.222. The second kappa shape index (κ2) is 6.96. The number of carbonyl (C=O) groups is 2. The van der Waals surface area contributed by atoms with E-state index >= 15 is 0 Å². The van der Waals surface area contributed by atoms with Gasteiger partial charge in [-0.3, -0.25) is 9.59 Å². The van der Waals surface area contributed by atoms with Gasteiger partial charge in [0.15, 0.2) is 17.5 Å². The molecule has 0 fully saturated rings. The summed E-state index contributed by atoms with van der Waals surface area (Å²) in [7, 11) is 0. The van der Waals surface area contributed by atoms with Crippen LogP contribution in [0.1, 0.15) is 17.5 Å². The van der Waals surface area contributed by atoms with Crippen LogP contribution in [0, 0.1) is 17.5 Å². The SMILES string of the molecule is O=C(Nc1cc(F)c(F)c(F)c1)C(=O)NC1CCc2ccccc2C1. The first-order valence-electron chi connectivity index (χ1n) is 7.77. The fourth-order valence-corrected chi connectivity index (χ4v) is 2.89. The molecule has 130 valence electrons. The molecule has 0 radical (unpaired) electrons. The lowest BCUT2D eigenvalue weighted by Crippen LogP contribution is -2.44. The Balaban J connectivity index is 1.61. The molecular formula is C18H15F3N2O2. The Morgan fingerprint density at radius 2 is 1.60 bits per heavy atom. The molecule has 2 N–H and O–H groups in total. The highest BCUT2D eigenvalue weighted by Gasteiger charge is 2.23. The van der Waals surface area contributed by atoms with Crippen LogP contribution in [0.25, 0.3) is 0 Å². The van der Waals surface area contributed by atoms with Crippen LogP contribution in [0.15, 0.2) is 36.4 Å². The maximum atomic E-state index is 13.1. The molecule has 2 aromatic rings. The molecule has 4 nitrogen and oxygen atoms in total. The molecule has 7 heteroatoms. The highest BCUT2D eigenvalue weighted by atomic mass is 19.2. The van der Waals surface area contributed by atoms with Crippen LogP contribution in [0.5, 0.6) is 0 Å². The van der Waals surface area contributed by atoms with Gasteiger partial charge in [-0.1, -0.05) is 24.3 Å². The largest absolute Gasteiger partial charge is 0.345 e. The van der Waals surface area contributed by atoms with Crippen LogP contribution in [0.2, 0.25) is 0 Å². The third-order valence-corrected chi connectivity index (χ3v) is 4.13. The smallest absolute Gasteiger partial charge is 0.313 e. The highest BCUT2D eigenvalue weighted by Crippen LogP contribution is 2.21. The Morgan fingerprint density at radius 1 is 0.960 bits per heavy atom. The lowest BCUT2D eigenvalue weighted by molar-refractivity contribution is -0.136. The number of fused-ring (bicyclic) bond motifs is 1. The number of halogens is 3. The first kappa shape index (κ1) is 17.0. The summed E-state index contributed by atoms with van der Waals surface area (Å²) in [5.41, 5.74) is 2.00. The maximum absolute atomic E-state index is 13.1. The fourth-order valence-electron chi connectivity index (χ4n) is 2.89. The van der Waals surface area contributed by atoms with Crippen molar-refractivity contribution in [3.05, 3.63) is 65.0 Å². The van der Waals surface area contributed by atoms with Crippen LogP contribution < -0.4 is 10.6 Å². The third-order valence-electron chi connectivity index (χ3n) is 4.13. The van der Waals surface area contributed by atoms with Gasteiger partial charge in [-0.2, -0.15) is 0 Å². The third kappa shape index (κ3) is 3.81. The zero-order chi connectivity index (χ0) is 18.0. The minimum atomic E-state index is -1.64. The van der Waals surface area contributed by atoms with Gasteiger partial charge in [-0.05, 0) is 30.4 Å². The van der Waals surface area contributed by atoms with E-state index < -0.39 is 29.3 Å².